The van der Waals surface area contributed by atoms with E-state index in [1.54, 1.807) is 18.2 Å². The zero-order valence-electron chi connectivity index (χ0n) is 11.0. The molecule has 4 nitrogen and oxygen atoms in total. The van der Waals surface area contributed by atoms with Crippen molar-refractivity contribution >= 4 is 29.1 Å². The standard InChI is InChI=1S/C15H14ClNO3/c1-20-13-8-9(6-7-12(13)16)17-14(18)10-4-2-3-5-11(10)15(17)19/h2,4,6-8,10-11H,3,5H2,1H3. The Bertz CT molecular complexity index is 611. The average Bonchev–Trinajstić information content (AvgIpc) is 2.72. The maximum Gasteiger partial charge on any atom is 0.241 e. The van der Waals surface area contributed by atoms with Crippen LogP contribution in [-0.4, -0.2) is 18.9 Å². The molecule has 0 radical (unpaired) electrons. The van der Waals surface area contributed by atoms with Gasteiger partial charge in [0, 0.05) is 6.07 Å². The molecular weight excluding hydrogens is 278 g/mol. The van der Waals surface area contributed by atoms with E-state index in [-0.39, 0.29) is 23.7 Å². The van der Waals surface area contributed by atoms with Crippen molar-refractivity contribution in [2.45, 2.75) is 12.8 Å². The van der Waals surface area contributed by atoms with Gasteiger partial charge in [0.25, 0.3) is 0 Å². The fourth-order valence-corrected chi connectivity index (χ4v) is 3.02. The number of amides is 2. The minimum atomic E-state index is -0.321. The summed E-state index contributed by atoms with van der Waals surface area (Å²) in [5.41, 5.74) is 0.518. The Balaban J connectivity index is 2.00. The van der Waals surface area contributed by atoms with Gasteiger partial charge in [0.05, 0.1) is 29.7 Å². The number of carbonyl (C=O) groups is 2. The van der Waals surface area contributed by atoms with E-state index in [1.807, 2.05) is 12.2 Å². The molecule has 5 heteroatoms. The topological polar surface area (TPSA) is 46.6 Å². The molecule has 1 saturated heterocycles. The molecular formula is C15H14ClNO3. The molecule has 2 amide bonds. The van der Waals surface area contributed by atoms with Crippen LogP contribution in [-0.2, 0) is 9.59 Å². The van der Waals surface area contributed by atoms with Crippen LogP contribution in [0, 0.1) is 11.8 Å². The van der Waals surface area contributed by atoms with Gasteiger partial charge in [-0.15, -0.1) is 0 Å². The van der Waals surface area contributed by atoms with Gasteiger partial charge in [-0.1, -0.05) is 23.8 Å². The third kappa shape index (κ3) is 1.91. The fourth-order valence-electron chi connectivity index (χ4n) is 2.83. The second kappa shape index (κ2) is 4.94. The largest absolute Gasteiger partial charge is 0.495 e. The predicted octanol–water partition coefficient (Wildman–Crippen LogP) is 2.80. The van der Waals surface area contributed by atoms with Crippen LogP contribution in [0.4, 0.5) is 5.69 Å². The highest BCUT2D eigenvalue weighted by Gasteiger charge is 2.47. The van der Waals surface area contributed by atoms with Crippen molar-refractivity contribution in [3.63, 3.8) is 0 Å². The SMILES string of the molecule is COc1cc(N2C(=O)C3C=CCCC3C2=O)ccc1Cl. The van der Waals surface area contributed by atoms with E-state index in [0.29, 0.717) is 16.5 Å². The van der Waals surface area contributed by atoms with Crippen LogP contribution < -0.4 is 9.64 Å². The zero-order chi connectivity index (χ0) is 14.3. The number of allylic oxidation sites excluding steroid dienone is 1. The van der Waals surface area contributed by atoms with Crippen molar-refractivity contribution in [2.24, 2.45) is 11.8 Å². The fraction of sp³-hybridized carbons (Fsp3) is 0.333. The van der Waals surface area contributed by atoms with Gasteiger partial charge in [0.15, 0.2) is 0 Å². The van der Waals surface area contributed by atoms with Gasteiger partial charge >= 0.3 is 0 Å². The Kier molecular flexibility index (Phi) is 3.26. The molecule has 104 valence electrons. The Hall–Kier alpha value is -1.81. The normalized spacial score (nSPS) is 25.0. The average molecular weight is 292 g/mol. The first-order valence-corrected chi connectivity index (χ1v) is 6.89. The third-order valence-corrected chi connectivity index (χ3v) is 4.17. The van der Waals surface area contributed by atoms with E-state index in [9.17, 15) is 9.59 Å². The highest BCUT2D eigenvalue weighted by Crippen LogP contribution is 2.38. The number of hydrogen-bond acceptors (Lipinski definition) is 3. The molecule has 1 aliphatic carbocycles. The summed E-state index contributed by atoms with van der Waals surface area (Å²) in [4.78, 5) is 26.1. The number of imide groups is 1. The number of rotatable bonds is 2. The van der Waals surface area contributed by atoms with E-state index < -0.39 is 0 Å². The van der Waals surface area contributed by atoms with Gasteiger partial charge in [0.1, 0.15) is 5.75 Å². The Morgan fingerprint density at radius 3 is 2.80 bits per heavy atom. The Labute approximate surface area is 122 Å². The maximum atomic E-state index is 12.4. The van der Waals surface area contributed by atoms with Gasteiger partial charge < -0.3 is 4.74 Å². The van der Waals surface area contributed by atoms with Crippen LogP contribution in [0.15, 0.2) is 30.4 Å². The van der Waals surface area contributed by atoms with Gasteiger partial charge in [0.2, 0.25) is 11.8 Å². The van der Waals surface area contributed by atoms with Crippen molar-refractivity contribution in [3.05, 3.63) is 35.4 Å². The Morgan fingerprint density at radius 1 is 1.30 bits per heavy atom. The van der Waals surface area contributed by atoms with Crippen LogP contribution in [0.25, 0.3) is 0 Å². The second-order valence-corrected chi connectivity index (χ2v) is 5.38. The molecule has 20 heavy (non-hydrogen) atoms. The van der Waals surface area contributed by atoms with Crippen LogP contribution in [0.3, 0.4) is 0 Å². The lowest BCUT2D eigenvalue weighted by molar-refractivity contribution is -0.122. The van der Waals surface area contributed by atoms with Crippen molar-refractivity contribution in [3.8, 4) is 5.75 Å². The number of fused-ring (bicyclic) bond motifs is 1. The number of halogens is 1. The summed E-state index contributed by atoms with van der Waals surface area (Å²) in [6.07, 6.45) is 5.39. The number of hydrogen-bond donors (Lipinski definition) is 0. The molecule has 1 heterocycles. The Morgan fingerprint density at radius 2 is 2.10 bits per heavy atom. The second-order valence-electron chi connectivity index (χ2n) is 4.97. The number of methoxy groups -OCH3 is 1. The van der Waals surface area contributed by atoms with E-state index in [2.05, 4.69) is 0 Å². The smallest absolute Gasteiger partial charge is 0.241 e. The molecule has 0 aromatic heterocycles. The summed E-state index contributed by atoms with van der Waals surface area (Å²) in [5, 5.41) is 0.452. The molecule has 0 saturated carbocycles. The van der Waals surface area contributed by atoms with Crippen LogP contribution in [0.2, 0.25) is 5.02 Å². The van der Waals surface area contributed by atoms with Gasteiger partial charge in [-0.25, -0.2) is 4.90 Å². The molecule has 1 fully saturated rings. The highest BCUT2D eigenvalue weighted by molar-refractivity contribution is 6.32. The summed E-state index contributed by atoms with van der Waals surface area (Å²) in [7, 11) is 1.50. The molecule has 0 bridgehead atoms. The predicted molar refractivity (Wildman–Crippen MR) is 75.9 cm³/mol. The van der Waals surface area contributed by atoms with Crippen LogP contribution >= 0.6 is 11.6 Å². The van der Waals surface area contributed by atoms with E-state index in [4.69, 9.17) is 16.3 Å². The number of benzene rings is 1. The summed E-state index contributed by atoms with van der Waals surface area (Å²) in [5.74, 6) is -0.392. The van der Waals surface area contributed by atoms with Crippen molar-refractivity contribution < 1.29 is 14.3 Å². The summed E-state index contributed by atoms with van der Waals surface area (Å²) >= 11 is 5.97. The summed E-state index contributed by atoms with van der Waals surface area (Å²) in [6, 6.07) is 4.93. The molecule has 0 N–H and O–H groups in total. The summed E-state index contributed by atoms with van der Waals surface area (Å²) in [6.45, 7) is 0. The monoisotopic (exact) mass is 291 g/mol. The third-order valence-electron chi connectivity index (χ3n) is 3.86. The number of nitrogens with zero attached hydrogens (tertiary/aromatic N) is 1. The highest BCUT2D eigenvalue weighted by atomic mass is 35.5. The lowest BCUT2D eigenvalue weighted by Gasteiger charge is -2.16. The van der Waals surface area contributed by atoms with Crippen LogP contribution in [0.1, 0.15) is 12.8 Å². The number of anilines is 1. The summed E-state index contributed by atoms with van der Waals surface area (Å²) < 4.78 is 5.14. The van der Waals surface area contributed by atoms with Gasteiger partial charge in [-0.3, -0.25) is 9.59 Å². The minimum absolute atomic E-state index is 0.131. The quantitative estimate of drug-likeness (QED) is 0.622. The number of ether oxygens (including phenoxy) is 1. The first-order chi connectivity index (χ1) is 9.63. The van der Waals surface area contributed by atoms with Crippen molar-refractivity contribution in [1.82, 2.24) is 0 Å². The van der Waals surface area contributed by atoms with E-state index in [1.165, 1.54) is 12.0 Å². The zero-order valence-corrected chi connectivity index (χ0v) is 11.8. The first kappa shape index (κ1) is 13.2. The van der Waals surface area contributed by atoms with Crippen molar-refractivity contribution in [1.29, 1.82) is 0 Å². The molecule has 2 atom stereocenters. The van der Waals surface area contributed by atoms with Gasteiger partial charge in [-0.05, 0) is 25.0 Å². The lowest BCUT2D eigenvalue weighted by Crippen LogP contribution is -2.30. The molecule has 2 aliphatic rings. The molecule has 1 aliphatic heterocycles. The van der Waals surface area contributed by atoms with E-state index in [0.717, 1.165) is 12.8 Å². The molecule has 1 aromatic carbocycles. The lowest BCUT2D eigenvalue weighted by atomic mass is 9.86. The molecule has 0 spiro atoms. The van der Waals surface area contributed by atoms with Crippen molar-refractivity contribution in [2.75, 3.05) is 12.0 Å². The minimum Gasteiger partial charge on any atom is -0.495 e. The first-order valence-electron chi connectivity index (χ1n) is 6.51. The van der Waals surface area contributed by atoms with Gasteiger partial charge in [-0.2, -0.15) is 0 Å². The van der Waals surface area contributed by atoms with Crippen LogP contribution in [0.5, 0.6) is 5.75 Å². The maximum absolute atomic E-state index is 12.4. The molecule has 1 aromatic rings. The molecule has 2 unspecified atom stereocenters. The number of carbonyl (C=O) groups excluding carboxylic acids is 2. The molecule has 3 rings (SSSR count). The van der Waals surface area contributed by atoms with E-state index >= 15 is 0 Å².